The molecular formula is C18H20N8O2S. The van der Waals surface area contributed by atoms with Gasteiger partial charge in [-0.3, -0.25) is 9.99 Å². The number of hydrogen-bond acceptors (Lipinski definition) is 8. The smallest absolute Gasteiger partial charge is 0.239 e. The molecule has 0 amide bonds. The van der Waals surface area contributed by atoms with Gasteiger partial charge < -0.3 is 5.32 Å². The molecule has 3 aromatic heterocycles. The van der Waals surface area contributed by atoms with Crippen LogP contribution in [-0.2, 0) is 15.6 Å². The lowest BCUT2D eigenvalue weighted by Crippen LogP contribution is -2.40. The summed E-state index contributed by atoms with van der Waals surface area (Å²) >= 11 is 0. The molecule has 150 valence electrons. The fraction of sp³-hybridized carbons (Fsp3) is 0.333. The van der Waals surface area contributed by atoms with Crippen molar-refractivity contribution in [2.75, 3.05) is 10.7 Å². The lowest BCUT2D eigenvalue weighted by molar-refractivity contribution is 0.293. The van der Waals surface area contributed by atoms with E-state index in [4.69, 9.17) is 10.1 Å². The summed E-state index contributed by atoms with van der Waals surface area (Å²) in [4.78, 5) is 13.1. The zero-order valence-corrected chi connectivity index (χ0v) is 16.4. The average molecular weight is 412 g/mol. The normalized spacial score (nSPS) is 17.8. The summed E-state index contributed by atoms with van der Waals surface area (Å²) < 4.78 is 25.0. The molecule has 0 radical (unpaired) electrons. The molecule has 0 bridgehead atoms. The van der Waals surface area contributed by atoms with E-state index in [1.54, 1.807) is 6.20 Å². The molecule has 4 heterocycles. The minimum absolute atomic E-state index is 0.0512. The lowest BCUT2D eigenvalue weighted by atomic mass is 9.82. The van der Waals surface area contributed by atoms with Crippen molar-refractivity contribution in [3.63, 3.8) is 0 Å². The maximum atomic E-state index is 11.4. The minimum atomic E-state index is -3.78. The van der Waals surface area contributed by atoms with Crippen LogP contribution in [0.4, 0.5) is 17.6 Å². The Balaban J connectivity index is 1.52. The standard InChI is InChI=1S/C18H20N8O2S/c19-29(27,28)13-4-5-14(20-10-13)23-17-21-9-12-8-15-25-22-11-18(6-2-1-3-7-18)26(15)16(12)24-17/h4-5,8-11,25H,1-3,6-7H2,(H2,19,27,28)(H,20,21,23,24). The van der Waals surface area contributed by atoms with Crippen molar-refractivity contribution in [3.8, 4) is 0 Å². The fourth-order valence-electron chi connectivity index (χ4n) is 4.11. The molecule has 1 aliphatic heterocycles. The third-order valence-electron chi connectivity index (χ3n) is 5.49. The van der Waals surface area contributed by atoms with Crippen molar-refractivity contribution >= 4 is 44.9 Å². The summed E-state index contributed by atoms with van der Waals surface area (Å²) in [6, 6.07) is 4.92. The summed E-state index contributed by atoms with van der Waals surface area (Å²) in [6.07, 6.45) is 10.6. The van der Waals surface area contributed by atoms with Crippen molar-refractivity contribution in [1.82, 2.24) is 19.5 Å². The first-order valence-electron chi connectivity index (χ1n) is 9.40. The second kappa shape index (κ2) is 6.49. The summed E-state index contributed by atoms with van der Waals surface area (Å²) in [5.41, 5.74) is 3.73. The lowest BCUT2D eigenvalue weighted by Gasteiger charge is -2.38. The van der Waals surface area contributed by atoms with Crippen LogP contribution in [0.5, 0.6) is 0 Å². The Bertz CT molecular complexity index is 1210. The Morgan fingerprint density at radius 3 is 2.69 bits per heavy atom. The predicted molar refractivity (Wildman–Crippen MR) is 110 cm³/mol. The zero-order valence-electron chi connectivity index (χ0n) is 15.5. The summed E-state index contributed by atoms with van der Waals surface area (Å²) in [5, 5.41) is 13.4. The fourth-order valence-corrected chi connectivity index (χ4v) is 4.57. The first-order chi connectivity index (χ1) is 13.9. The van der Waals surface area contributed by atoms with Gasteiger partial charge in [0.25, 0.3) is 0 Å². The third-order valence-corrected chi connectivity index (χ3v) is 6.39. The second-order valence-corrected chi connectivity index (χ2v) is 8.98. The van der Waals surface area contributed by atoms with Crippen LogP contribution in [0.2, 0.25) is 0 Å². The van der Waals surface area contributed by atoms with Gasteiger partial charge >= 0.3 is 0 Å². The number of nitrogens with one attached hydrogen (secondary N) is 2. The van der Waals surface area contributed by atoms with Gasteiger partial charge in [-0.2, -0.15) is 10.1 Å². The topological polar surface area (TPSA) is 140 Å². The van der Waals surface area contributed by atoms with Crippen molar-refractivity contribution in [2.45, 2.75) is 42.5 Å². The van der Waals surface area contributed by atoms with Gasteiger partial charge in [0.15, 0.2) is 0 Å². The quantitative estimate of drug-likeness (QED) is 0.599. The van der Waals surface area contributed by atoms with Gasteiger partial charge in [-0.1, -0.05) is 19.3 Å². The van der Waals surface area contributed by atoms with Crippen LogP contribution in [0, 0.1) is 0 Å². The Morgan fingerprint density at radius 2 is 1.97 bits per heavy atom. The van der Waals surface area contributed by atoms with E-state index in [0.717, 1.165) is 42.5 Å². The first kappa shape index (κ1) is 18.0. The van der Waals surface area contributed by atoms with Crippen LogP contribution in [0.3, 0.4) is 0 Å². The van der Waals surface area contributed by atoms with Gasteiger partial charge in [-0.05, 0) is 31.0 Å². The van der Waals surface area contributed by atoms with E-state index in [0.29, 0.717) is 11.8 Å². The van der Waals surface area contributed by atoms with E-state index in [2.05, 4.69) is 30.4 Å². The minimum Gasteiger partial charge on any atom is -0.309 e. The molecule has 1 aliphatic carbocycles. The van der Waals surface area contributed by atoms with Gasteiger partial charge in [-0.15, -0.1) is 0 Å². The molecule has 4 N–H and O–H groups in total. The van der Waals surface area contributed by atoms with Crippen LogP contribution < -0.4 is 15.9 Å². The van der Waals surface area contributed by atoms with Crippen LogP contribution >= 0.6 is 0 Å². The van der Waals surface area contributed by atoms with Gasteiger partial charge in [-0.25, -0.2) is 23.5 Å². The van der Waals surface area contributed by atoms with Crippen LogP contribution in [0.1, 0.15) is 32.1 Å². The summed E-state index contributed by atoms with van der Waals surface area (Å²) in [6.45, 7) is 0. The largest absolute Gasteiger partial charge is 0.309 e. The number of hydrazone groups is 1. The predicted octanol–water partition coefficient (Wildman–Crippen LogP) is 2.29. The van der Waals surface area contributed by atoms with Gasteiger partial charge in [0, 0.05) is 17.8 Å². The van der Waals surface area contributed by atoms with E-state index in [9.17, 15) is 8.42 Å². The molecule has 5 rings (SSSR count). The SMILES string of the molecule is NS(=O)(=O)c1ccc(Nc2ncc3cc4n(c3n2)C2(C=NN4)CCCCC2)nc1. The zero-order chi connectivity index (χ0) is 20.1. The van der Waals surface area contributed by atoms with Crippen LogP contribution in [0.25, 0.3) is 11.0 Å². The molecule has 0 aromatic carbocycles. The van der Waals surface area contributed by atoms with Crippen LogP contribution in [0.15, 0.2) is 40.6 Å². The molecule has 1 saturated carbocycles. The molecule has 3 aromatic rings. The van der Waals surface area contributed by atoms with E-state index >= 15 is 0 Å². The molecule has 29 heavy (non-hydrogen) atoms. The monoisotopic (exact) mass is 412 g/mol. The number of pyridine rings is 1. The van der Waals surface area contributed by atoms with E-state index < -0.39 is 10.0 Å². The van der Waals surface area contributed by atoms with Gasteiger partial charge in [0.2, 0.25) is 16.0 Å². The Labute approximate surface area is 167 Å². The molecule has 1 spiro atoms. The molecule has 2 aliphatic rings. The average Bonchev–Trinajstić information content (AvgIpc) is 3.08. The van der Waals surface area contributed by atoms with Crippen molar-refractivity contribution in [1.29, 1.82) is 0 Å². The number of aromatic nitrogens is 4. The number of hydrogen-bond donors (Lipinski definition) is 3. The highest BCUT2D eigenvalue weighted by molar-refractivity contribution is 7.89. The maximum Gasteiger partial charge on any atom is 0.239 e. The molecule has 11 heteroatoms. The second-order valence-electron chi connectivity index (χ2n) is 7.42. The number of primary sulfonamides is 1. The highest BCUT2D eigenvalue weighted by Gasteiger charge is 2.37. The number of nitrogens with two attached hydrogens (primary N) is 1. The van der Waals surface area contributed by atoms with E-state index in [1.807, 2.05) is 12.3 Å². The molecule has 0 saturated heterocycles. The van der Waals surface area contributed by atoms with Gasteiger partial charge in [0.05, 0.1) is 11.8 Å². The Morgan fingerprint density at radius 1 is 1.14 bits per heavy atom. The molecule has 0 unspecified atom stereocenters. The number of rotatable bonds is 3. The summed E-state index contributed by atoms with van der Waals surface area (Å²) in [5.74, 6) is 1.71. The number of sulfonamides is 1. The Kier molecular flexibility index (Phi) is 4.03. The van der Waals surface area contributed by atoms with E-state index in [1.165, 1.54) is 24.8 Å². The summed E-state index contributed by atoms with van der Waals surface area (Å²) in [7, 11) is -3.78. The number of anilines is 3. The van der Waals surface area contributed by atoms with Crippen molar-refractivity contribution in [2.24, 2.45) is 10.2 Å². The molecule has 1 fully saturated rings. The molecule has 10 nitrogen and oxygen atoms in total. The van der Waals surface area contributed by atoms with Crippen molar-refractivity contribution in [3.05, 3.63) is 30.6 Å². The highest BCUT2D eigenvalue weighted by atomic mass is 32.2. The highest BCUT2D eigenvalue weighted by Crippen LogP contribution is 2.41. The van der Waals surface area contributed by atoms with Gasteiger partial charge in [0.1, 0.15) is 22.2 Å². The maximum absolute atomic E-state index is 11.4. The Hall–Kier alpha value is -3.05. The van der Waals surface area contributed by atoms with Crippen molar-refractivity contribution < 1.29 is 8.42 Å². The van der Waals surface area contributed by atoms with E-state index in [-0.39, 0.29) is 10.4 Å². The molecular weight excluding hydrogens is 392 g/mol. The number of nitrogens with zero attached hydrogens (tertiary/aromatic N) is 5. The third kappa shape index (κ3) is 3.12. The number of fused-ring (bicyclic) bond motifs is 4. The molecule has 0 atom stereocenters. The first-order valence-corrected chi connectivity index (χ1v) is 10.9. The van der Waals surface area contributed by atoms with Crippen LogP contribution in [-0.4, -0.2) is 34.2 Å².